The molecular formula is C22H20F3N3O4. The Morgan fingerprint density at radius 1 is 1.06 bits per heavy atom. The van der Waals surface area contributed by atoms with Gasteiger partial charge in [-0.3, -0.25) is 9.59 Å². The Morgan fingerprint density at radius 3 is 2.50 bits per heavy atom. The average Bonchev–Trinajstić information content (AvgIpc) is 3.05. The van der Waals surface area contributed by atoms with E-state index in [1.165, 1.54) is 6.92 Å². The zero-order chi connectivity index (χ0) is 23.6. The summed E-state index contributed by atoms with van der Waals surface area (Å²) in [7, 11) is 0. The van der Waals surface area contributed by atoms with Crippen LogP contribution in [0.3, 0.4) is 0 Å². The number of carbonyl (C=O) groups is 3. The zero-order valence-corrected chi connectivity index (χ0v) is 17.4. The molecule has 7 nitrogen and oxygen atoms in total. The van der Waals surface area contributed by atoms with E-state index in [-0.39, 0.29) is 5.56 Å². The molecule has 0 aliphatic heterocycles. The molecule has 0 aliphatic rings. The molecule has 0 saturated carbocycles. The highest BCUT2D eigenvalue weighted by Crippen LogP contribution is 2.23. The summed E-state index contributed by atoms with van der Waals surface area (Å²) in [6, 6.07) is 6.46. The molecule has 1 atom stereocenters. The van der Waals surface area contributed by atoms with Gasteiger partial charge in [0.05, 0.1) is 17.8 Å². The predicted molar refractivity (Wildman–Crippen MR) is 111 cm³/mol. The van der Waals surface area contributed by atoms with Crippen LogP contribution in [-0.4, -0.2) is 35.4 Å². The first kappa shape index (κ1) is 22.9. The van der Waals surface area contributed by atoms with Gasteiger partial charge >= 0.3 is 5.97 Å². The third-order valence-corrected chi connectivity index (χ3v) is 4.93. The summed E-state index contributed by atoms with van der Waals surface area (Å²) in [5.74, 6) is -7.06. The molecule has 1 aromatic heterocycles. The summed E-state index contributed by atoms with van der Waals surface area (Å²) in [5, 5.41) is 5.10. The molecule has 2 amide bonds. The van der Waals surface area contributed by atoms with E-state index >= 15 is 0 Å². The highest BCUT2D eigenvalue weighted by molar-refractivity contribution is 5.98. The van der Waals surface area contributed by atoms with Crippen molar-refractivity contribution in [3.63, 3.8) is 0 Å². The number of H-pyrrole nitrogens is 1. The second-order valence-corrected chi connectivity index (χ2v) is 7.17. The van der Waals surface area contributed by atoms with Crippen LogP contribution in [0.5, 0.6) is 0 Å². The molecule has 0 saturated heterocycles. The molecule has 3 N–H and O–H groups in total. The van der Waals surface area contributed by atoms with Crippen LogP contribution in [0.15, 0.2) is 30.3 Å². The Morgan fingerprint density at radius 2 is 1.78 bits per heavy atom. The van der Waals surface area contributed by atoms with Crippen LogP contribution in [0.25, 0.3) is 10.9 Å². The lowest BCUT2D eigenvalue weighted by Gasteiger charge is -2.14. The van der Waals surface area contributed by atoms with E-state index in [1.807, 2.05) is 19.2 Å². The molecule has 2 aromatic carbocycles. The third-order valence-electron chi connectivity index (χ3n) is 4.93. The number of aromatic nitrogens is 1. The van der Waals surface area contributed by atoms with Gasteiger partial charge in [0.15, 0.2) is 23.6 Å². The molecule has 0 bridgehead atoms. The van der Waals surface area contributed by atoms with Gasteiger partial charge in [0, 0.05) is 16.6 Å². The number of hydrogen-bond acceptors (Lipinski definition) is 4. The number of nitrogens with one attached hydrogen (secondary N) is 3. The minimum Gasteiger partial charge on any atom is -0.449 e. The van der Waals surface area contributed by atoms with E-state index < -0.39 is 53.6 Å². The van der Waals surface area contributed by atoms with Crippen LogP contribution in [0.4, 0.5) is 18.9 Å². The largest absolute Gasteiger partial charge is 0.449 e. The van der Waals surface area contributed by atoms with Crippen molar-refractivity contribution in [3.8, 4) is 0 Å². The average molecular weight is 447 g/mol. The van der Waals surface area contributed by atoms with Crippen molar-refractivity contribution in [1.82, 2.24) is 10.3 Å². The number of esters is 1. The molecule has 168 valence electrons. The van der Waals surface area contributed by atoms with Gasteiger partial charge < -0.3 is 20.4 Å². The molecule has 0 unspecified atom stereocenters. The maximum atomic E-state index is 13.6. The summed E-state index contributed by atoms with van der Waals surface area (Å²) >= 11 is 0. The van der Waals surface area contributed by atoms with Crippen molar-refractivity contribution in [3.05, 3.63) is 64.6 Å². The first-order valence-corrected chi connectivity index (χ1v) is 9.59. The lowest BCUT2D eigenvalue weighted by Crippen LogP contribution is -2.40. The smallest absolute Gasteiger partial charge is 0.338 e. The number of aryl methyl sites for hydroxylation is 2. The van der Waals surface area contributed by atoms with Gasteiger partial charge in [0.1, 0.15) is 0 Å². The number of anilines is 1. The number of aromatic amines is 1. The first-order chi connectivity index (χ1) is 15.1. The molecule has 0 radical (unpaired) electrons. The lowest BCUT2D eigenvalue weighted by molar-refractivity contribution is -0.130. The number of fused-ring (bicyclic) bond motifs is 1. The van der Waals surface area contributed by atoms with Gasteiger partial charge in [-0.1, -0.05) is 0 Å². The fourth-order valence-corrected chi connectivity index (χ4v) is 3.00. The number of ether oxygens (including phenoxy) is 1. The summed E-state index contributed by atoms with van der Waals surface area (Å²) < 4.78 is 44.9. The highest BCUT2D eigenvalue weighted by Gasteiger charge is 2.21. The fourth-order valence-electron chi connectivity index (χ4n) is 3.00. The van der Waals surface area contributed by atoms with Gasteiger partial charge in [-0.2, -0.15) is 0 Å². The molecule has 3 rings (SSSR count). The summed E-state index contributed by atoms with van der Waals surface area (Å²) in [6.07, 6.45) is -1.22. The SMILES string of the molecule is Cc1[nH]c2ccc(C(=O)O[C@@H](C)C(=O)NCC(=O)Nc3ccc(F)c(F)c3F)cc2c1C. The van der Waals surface area contributed by atoms with Crippen molar-refractivity contribution in [2.45, 2.75) is 26.9 Å². The van der Waals surface area contributed by atoms with Gasteiger partial charge in [-0.15, -0.1) is 0 Å². The number of carbonyl (C=O) groups excluding carboxylic acids is 3. The topological polar surface area (TPSA) is 100 Å². The molecule has 10 heteroatoms. The van der Waals surface area contributed by atoms with Crippen molar-refractivity contribution in [2.75, 3.05) is 11.9 Å². The van der Waals surface area contributed by atoms with Gasteiger partial charge in [0.2, 0.25) is 5.91 Å². The predicted octanol–water partition coefficient (Wildman–Crippen LogP) is 3.50. The van der Waals surface area contributed by atoms with E-state index in [2.05, 4.69) is 10.3 Å². The maximum Gasteiger partial charge on any atom is 0.338 e. The molecule has 3 aromatic rings. The van der Waals surface area contributed by atoms with Crippen LogP contribution in [0.1, 0.15) is 28.5 Å². The van der Waals surface area contributed by atoms with Crippen LogP contribution in [-0.2, 0) is 14.3 Å². The van der Waals surface area contributed by atoms with Crippen LogP contribution in [0.2, 0.25) is 0 Å². The van der Waals surface area contributed by atoms with E-state index in [0.717, 1.165) is 28.2 Å². The van der Waals surface area contributed by atoms with Crippen molar-refractivity contribution in [1.29, 1.82) is 0 Å². The second kappa shape index (κ2) is 9.13. The molecule has 0 spiro atoms. The van der Waals surface area contributed by atoms with E-state index in [0.29, 0.717) is 6.07 Å². The molecule has 32 heavy (non-hydrogen) atoms. The molecular weight excluding hydrogens is 427 g/mol. The van der Waals surface area contributed by atoms with Crippen LogP contribution < -0.4 is 10.6 Å². The number of benzene rings is 2. The van der Waals surface area contributed by atoms with Gasteiger partial charge in [-0.05, 0) is 56.7 Å². The maximum absolute atomic E-state index is 13.6. The van der Waals surface area contributed by atoms with Gasteiger partial charge in [-0.25, -0.2) is 18.0 Å². The zero-order valence-electron chi connectivity index (χ0n) is 17.4. The fraction of sp³-hybridized carbons (Fsp3) is 0.227. The number of hydrogen-bond donors (Lipinski definition) is 3. The highest BCUT2D eigenvalue weighted by atomic mass is 19.2. The minimum absolute atomic E-state index is 0.255. The Balaban J connectivity index is 1.55. The normalized spacial score (nSPS) is 11.8. The molecule has 1 heterocycles. The second-order valence-electron chi connectivity index (χ2n) is 7.17. The van der Waals surface area contributed by atoms with Crippen molar-refractivity contribution >= 4 is 34.4 Å². The number of amides is 2. The summed E-state index contributed by atoms with van der Waals surface area (Å²) in [5.41, 5.74) is 2.51. The van der Waals surface area contributed by atoms with Crippen molar-refractivity contribution in [2.24, 2.45) is 0 Å². The summed E-state index contributed by atoms with van der Waals surface area (Å²) in [4.78, 5) is 39.6. The Bertz CT molecular complexity index is 1220. The summed E-state index contributed by atoms with van der Waals surface area (Å²) in [6.45, 7) is 4.55. The third kappa shape index (κ3) is 4.74. The van der Waals surface area contributed by atoms with Crippen molar-refractivity contribution < 1.29 is 32.3 Å². The van der Waals surface area contributed by atoms with E-state index in [9.17, 15) is 27.6 Å². The first-order valence-electron chi connectivity index (χ1n) is 9.59. The molecule has 0 aliphatic carbocycles. The monoisotopic (exact) mass is 447 g/mol. The Hall–Kier alpha value is -3.82. The van der Waals surface area contributed by atoms with Crippen LogP contribution in [0, 0.1) is 31.3 Å². The lowest BCUT2D eigenvalue weighted by atomic mass is 10.1. The van der Waals surface area contributed by atoms with Crippen LogP contribution >= 0.6 is 0 Å². The molecule has 0 fully saturated rings. The minimum atomic E-state index is -1.73. The Labute approximate surface area is 180 Å². The number of rotatable bonds is 6. The van der Waals surface area contributed by atoms with Gasteiger partial charge in [0.25, 0.3) is 5.91 Å². The quantitative estimate of drug-likeness (QED) is 0.398. The van der Waals surface area contributed by atoms with E-state index in [1.54, 1.807) is 18.2 Å². The Kier molecular flexibility index (Phi) is 6.52. The van der Waals surface area contributed by atoms with E-state index in [4.69, 9.17) is 4.74 Å². The number of halogens is 3. The standard InChI is InChI=1S/C22H20F3N3O4/c1-10-11(2)27-16-6-4-13(8-14(10)16)22(31)32-12(3)21(30)26-9-18(29)28-17-7-5-15(23)19(24)20(17)25/h4-8,12,27H,9H2,1-3H3,(H,26,30)(H,28,29)/t12-/m0/s1.